The van der Waals surface area contributed by atoms with Gasteiger partial charge >= 0.3 is 5.97 Å². The third kappa shape index (κ3) is 4.82. The van der Waals surface area contributed by atoms with Crippen LogP contribution in [0.2, 0.25) is 10.0 Å². The number of aliphatic carboxylic acids is 1. The van der Waals surface area contributed by atoms with Gasteiger partial charge in [0.25, 0.3) is 0 Å². The SMILES string of the molecule is CC(NCC(O)CC(=O)O)c1ccc(Cl)cc1Cl. The van der Waals surface area contributed by atoms with E-state index in [-0.39, 0.29) is 19.0 Å². The van der Waals surface area contributed by atoms with Gasteiger partial charge in [0, 0.05) is 22.6 Å². The van der Waals surface area contributed by atoms with Gasteiger partial charge in [-0.15, -0.1) is 0 Å². The van der Waals surface area contributed by atoms with Crippen molar-refractivity contribution in [2.24, 2.45) is 0 Å². The molecule has 0 saturated carbocycles. The van der Waals surface area contributed by atoms with Crippen LogP contribution in [0.4, 0.5) is 0 Å². The van der Waals surface area contributed by atoms with Crippen LogP contribution in [0.15, 0.2) is 18.2 Å². The van der Waals surface area contributed by atoms with Gasteiger partial charge in [0.1, 0.15) is 0 Å². The molecule has 100 valence electrons. The molecule has 3 N–H and O–H groups in total. The van der Waals surface area contributed by atoms with Crippen LogP contribution < -0.4 is 5.32 Å². The minimum absolute atomic E-state index is 0.0989. The van der Waals surface area contributed by atoms with Crippen molar-refractivity contribution in [3.05, 3.63) is 33.8 Å². The molecule has 0 aromatic heterocycles. The van der Waals surface area contributed by atoms with Crippen LogP contribution in [-0.2, 0) is 4.79 Å². The monoisotopic (exact) mass is 291 g/mol. The first-order valence-corrected chi connectivity index (χ1v) is 6.24. The maximum Gasteiger partial charge on any atom is 0.306 e. The fraction of sp³-hybridized carbons (Fsp3) is 0.417. The molecule has 0 aliphatic carbocycles. The highest BCUT2D eigenvalue weighted by Gasteiger charge is 2.13. The maximum absolute atomic E-state index is 10.4. The lowest BCUT2D eigenvalue weighted by molar-refractivity contribution is -0.139. The maximum atomic E-state index is 10.4. The zero-order valence-corrected chi connectivity index (χ0v) is 11.4. The molecule has 0 aliphatic heterocycles. The highest BCUT2D eigenvalue weighted by atomic mass is 35.5. The van der Waals surface area contributed by atoms with Crippen LogP contribution >= 0.6 is 23.2 Å². The number of rotatable bonds is 6. The van der Waals surface area contributed by atoms with Gasteiger partial charge in [0.05, 0.1) is 12.5 Å². The van der Waals surface area contributed by atoms with E-state index < -0.39 is 12.1 Å². The number of carbonyl (C=O) groups is 1. The molecule has 0 saturated heterocycles. The predicted molar refractivity (Wildman–Crippen MR) is 71.1 cm³/mol. The highest BCUT2D eigenvalue weighted by molar-refractivity contribution is 6.35. The summed E-state index contributed by atoms with van der Waals surface area (Å²) in [5.41, 5.74) is 0.851. The Bertz CT molecular complexity index is 426. The summed E-state index contributed by atoms with van der Waals surface area (Å²) >= 11 is 11.8. The molecule has 1 aromatic carbocycles. The fourth-order valence-electron chi connectivity index (χ4n) is 1.55. The molecule has 0 fully saturated rings. The lowest BCUT2D eigenvalue weighted by atomic mass is 10.1. The van der Waals surface area contributed by atoms with Crippen molar-refractivity contribution in [3.63, 3.8) is 0 Å². The van der Waals surface area contributed by atoms with Crippen LogP contribution in [0, 0.1) is 0 Å². The van der Waals surface area contributed by atoms with Crippen molar-refractivity contribution in [2.45, 2.75) is 25.5 Å². The van der Waals surface area contributed by atoms with E-state index in [4.69, 9.17) is 28.3 Å². The standard InChI is InChI=1S/C12H15Cl2NO3/c1-7(15-6-9(16)5-12(17)18)10-3-2-8(13)4-11(10)14/h2-4,7,9,15-16H,5-6H2,1H3,(H,17,18). The normalized spacial score (nSPS) is 14.2. The van der Waals surface area contributed by atoms with Crippen molar-refractivity contribution in [1.29, 1.82) is 0 Å². The molecule has 1 rings (SSSR count). The molecule has 18 heavy (non-hydrogen) atoms. The number of carboxylic acid groups (broad SMARTS) is 1. The van der Waals surface area contributed by atoms with E-state index in [2.05, 4.69) is 5.32 Å². The predicted octanol–water partition coefficient (Wildman–Crippen LogP) is 2.48. The smallest absolute Gasteiger partial charge is 0.306 e. The zero-order valence-electron chi connectivity index (χ0n) is 9.86. The molecular formula is C12H15Cl2NO3. The number of halogens is 2. The average Bonchev–Trinajstić information content (AvgIpc) is 2.25. The number of aliphatic hydroxyl groups is 1. The summed E-state index contributed by atoms with van der Waals surface area (Å²) in [6.45, 7) is 2.06. The molecule has 4 nitrogen and oxygen atoms in total. The minimum Gasteiger partial charge on any atom is -0.481 e. The summed E-state index contributed by atoms with van der Waals surface area (Å²) in [5, 5.41) is 22.1. The van der Waals surface area contributed by atoms with E-state index in [9.17, 15) is 9.90 Å². The molecule has 0 amide bonds. The van der Waals surface area contributed by atoms with E-state index >= 15 is 0 Å². The van der Waals surface area contributed by atoms with Gasteiger partial charge < -0.3 is 15.5 Å². The summed E-state index contributed by atoms with van der Waals surface area (Å²) in [6.07, 6.45) is -1.20. The number of benzene rings is 1. The number of nitrogens with one attached hydrogen (secondary N) is 1. The van der Waals surface area contributed by atoms with E-state index in [1.54, 1.807) is 18.2 Å². The lowest BCUT2D eigenvalue weighted by Crippen LogP contribution is -2.30. The van der Waals surface area contributed by atoms with E-state index in [0.29, 0.717) is 10.0 Å². The second-order valence-electron chi connectivity index (χ2n) is 4.05. The number of hydrogen-bond acceptors (Lipinski definition) is 3. The Morgan fingerprint density at radius 2 is 2.11 bits per heavy atom. The lowest BCUT2D eigenvalue weighted by Gasteiger charge is -2.17. The largest absolute Gasteiger partial charge is 0.481 e. The van der Waals surface area contributed by atoms with Crippen LogP contribution in [0.1, 0.15) is 24.9 Å². The number of aliphatic hydroxyl groups excluding tert-OH is 1. The van der Waals surface area contributed by atoms with E-state index in [1.807, 2.05) is 6.92 Å². The zero-order chi connectivity index (χ0) is 13.7. The molecule has 0 bridgehead atoms. The first kappa shape index (κ1) is 15.2. The molecule has 0 heterocycles. The van der Waals surface area contributed by atoms with Gasteiger partial charge in [-0.2, -0.15) is 0 Å². The fourth-order valence-corrected chi connectivity index (χ4v) is 2.12. The summed E-state index contributed by atoms with van der Waals surface area (Å²) in [6, 6.07) is 5.07. The first-order chi connectivity index (χ1) is 8.40. The summed E-state index contributed by atoms with van der Waals surface area (Å²) in [5.74, 6) is -1.03. The number of hydrogen-bond donors (Lipinski definition) is 3. The summed E-state index contributed by atoms with van der Waals surface area (Å²) < 4.78 is 0. The van der Waals surface area contributed by atoms with Gasteiger partial charge in [-0.25, -0.2) is 0 Å². The van der Waals surface area contributed by atoms with Crippen LogP contribution in [-0.4, -0.2) is 28.8 Å². The van der Waals surface area contributed by atoms with Crippen LogP contribution in [0.5, 0.6) is 0 Å². The Labute approximate surface area is 116 Å². The number of carboxylic acids is 1. The van der Waals surface area contributed by atoms with Crippen LogP contribution in [0.25, 0.3) is 0 Å². The highest BCUT2D eigenvalue weighted by Crippen LogP contribution is 2.25. The summed E-state index contributed by atoms with van der Waals surface area (Å²) in [4.78, 5) is 10.4. The van der Waals surface area contributed by atoms with Crippen molar-refractivity contribution in [2.75, 3.05) is 6.54 Å². The van der Waals surface area contributed by atoms with E-state index in [0.717, 1.165) is 5.56 Å². The topological polar surface area (TPSA) is 69.6 Å². The molecule has 0 spiro atoms. The molecule has 1 aromatic rings. The molecule has 2 atom stereocenters. The Hall–Kier alpha value is -0.810. The van der Waals surface area contributed by atoms with Gasteiger partial charge in [0.15, 0.2) is 0 Å². The Morgan fingerprint density at radius 3 is 2.67 bits per heavy atom. The Morgan fingerprint density at radius 1 is 1.44 bits per heavy atom. The quantitative estimate of drug-likeness (QED) is 0.753. The Kier molecular flexibility index (Phi) is 5.88. The molecule has 0 aliphatic rings. The molecule has 2 unspecified atom stereocenters. The third-order valence-electron chi connectivity index (χ3n) is 2.50. The van der Waals surface area contributed by atoms with E-state index in [1.165, 1.54) is 0 Å². The van der Waals surface area contributed by atoms with Crippen LogP contribution in [0.3, 0.4) is 0 Å². The molecule has 0 radical (unpaired) electrons. The molecule has 6 heteroatoms. The summed E-state index contributed by atoms with van der Waals surface area (Å²) in [7, 11) is 0. The Balaban J connectivity index is 2.54. The van der Waals surface area contributed by atoms with Crippen molar-refractivity contribution >= 4 is 29.2 Å². The van der Waals surface area contributed by atoms with Gasteiger partial charge in [-0.1, -0.05) is 29.3 Å². The van der Waals surface area contributed by atoms with Crippen molar-refractivity contribution < 1.29 is 15.0 Å². The van der Waals surface area contributed by atoms with Crippen molar-refractivity contribution in [1.82, 2.24) is 5.32 Å². The second kappa shape index (κ2) is 6.95. The van der Waals surface area contributed by atoms with Gasteiger partial charge in [-0.05, 0) is 24.6 Å². The first-order valence-electron chi connectivity index (χ1n) is 5.48. The third-order valence-corrected chi connectivity index (χ3v) is 3.06. The van der Waals surface area contributed by atoms with Gasteiger partial charge in [-0.3, -0.25) is 4.79 Å². The van der Waals surface area contributed by atoms with Gasteiger partial charge in [0.2, 0.25) is 0 Å². The second-order valence-corrected chi connectivity index (χ2v) is 4.89. The van der Waals surface area contributed by atoms with Crippen molar-refractivity contribution in [3.8, 4) is 0 Å². The molecular weight excluding hydrogens is 277 g/mol. The minimum atomic E-state index is -1.03. The average molecular weight is 292 g/mol.